The average Bonchev–Trinajstić information content (AvgIpc) is 2.87. The van der Waals surface area contributed by atoms with Crippen molar-refractivity contribution >= 4 is 0 Å². The molecule has 0 radical (unpaired) electrons. The van der Waals surface area contributed by atoms with E-state index >= 15 is 0 Å². The normalized spacial score (nSPS) is 10.8. The molecular weight excluding hydrogens is 400 g/mol. The van der Waals surface area contributed by atoms with Crippen LogP contribution in [0, 0.1) is 0 Å². The maximum atomic E-state index is 11.4. The highest BCUT2D eigenvalue weighted by atomic mass is 16.3. The topological polar surface area (TPSA) is 20.2 Å². The van der Waals surface area contributed by atoms with E-state index in [-0.39, 0.29) is 0 Å². The number of benzene rings is 5. The van der Waals surface area contributed by atoms with Crippen molar-refractivity contribution < 1.29 is 5.11 Å². The van der Waals surface area contributed by atoms with Crippen LogP contribution in [0.1, 0.15) is 22.3 Å². The number of hydrogen-bond donors (Lipinski definition) is 1. The van der Waals surface area contributed by atoms with Crippen LogP contribution in [0.5, 0.6) is 5.75 Å². The van der Waals surface area contributed by atoms with Gasteiger partial charge in [0.25, 0.3) is 0 Å². The number of hydrogen-bond acceptors (Lipinski definition) is 1. The Bertz CT molecular complexity index is 1330. The first kappa shape index (κ1) is 20.8. The SMILES string of the molecule is Oc1cc(Cc2ccccc2)c(Cc2ccccc2)c(-c2ccccc2)c1-c1ccccc1. The van der Waals surface area contributed by atoms with Crippen molar-refractivity contribution in [1.82, 2.24) is 0 Å². The van der Waals surface area contributed by atoms with Crippen molar-refractivity contribution in [3.8, 4) is 28.0 Å². The van der Waals surface area contributed by atoms with Crippen molar-refractivity contribution in [2.24, 2.45) is 0 Å². The van der Waals surface area contributed by atoms with Gasteiger partial charge in [-0.1, -0.05) is 121 Å². The van der Waals surface area contributed by atoms with Gasteiger partial charge in [0, 0.05) is 5.56 Å². The minimum Gasteiger partial charge on any atom is -0.507 e. The molecule has 160 valence electrons. The summed E-state index contributed by atoms with van der Waals surface area (Å²) < 4.78 is 0. The Balaban J connectivity index is 1.79. The number of phenolic OH excluding ortho intramolecular Hbond substituents is 1. The summed E-state index contributed by atoms with van der Waals surface area (Å²) in [6, 6.07) is 43.7. The second kappa shape index (κ2) is 9.58. The van der Waals surface area contributed by atoms with E-state index < -0.39 is 0 Å². The summed E-state index contributed by atoms with van der Waals surface area (Å²) in [6.07, 6.45) is 1.57. The van der Waals surface area contributed by atoms with E-state index in [2.05, 4.69) is 91.0 Å². The van der Waals surface area contributed by atoms with Crippen LogP contribution in [0.4, 0.5) is 0 Å². The van der Waals surface area contributed by atoms with Gasteiger partial charge in [0.05, 0.1) is 0 Å². The molecule has 0 amide bonds. The van der Waals surface area contributed by atoms with Gasteiger partial charge in [-0.15, -0.1) is 0 Å². The van der Waals surface area contributed by atoms with E-state index in [1.165, 1.54) is 16.7 Å². The molecule has 1 N–H and O–H groups in total. The van der Waals surface area contributed by atoms with Gasteiger partial charge in [0.1, 0.15) is 5.75 Å². The predicted octanol–water partition coefficient (Wildman–Crippen LogP) is 7.91. The second-order valence-electron chi connectivity index (χ2n) is 8.34. The summed E-state index contributed by atoms with van der Waals surface area (Å²) >= 11 is 0. The highest BCUT2D eigenvalue weighted by Gasteiger charge is 2.21. The smallest absolute Gasteiger partial charge is 0.124 e. The summed E-state index contributed by atoms with van der Waals surface area (Å²) in [5, 5.41) is 11.4. The number of aromatic hydroxyl groups is 1. The molecule has 0 aliphatic carbocycles. The molecular formula is C32H26O. The lowest BCUT2D eigenvalue weighted by Gasteiger charge is -2.22. The van der Waals surface area contributed by atoms with Gasteiger partial charge in [-0.3, -0.25) is 0 Å². The Morgan fingerprint density at radius 1 is 0.455 bits per heavy atom. The lowest BCUT2D eigenvalue weighted by molar-refractivity contribution is 0.476. The summed E-state index contributed by atoms with van der Waals surface area (Å²) in [5.74, 6) is 0.322. The molecule has 0 saturated heterocycles. The predicted molar refractivity (Wildman–Crippen MR) is 137 cm³/mol. The third kappa shape index (κ3) is 4.58. The molecule has 0 fully saturated rings. The van der Waals surface area contributed by atoms with Gasteiger partial charge in [-0.2, -0.15) is 0 Å². The van der Waals surface area contributed by atoms with Crippen LogP contribution in [-0.2, 0) is 12.8 Å². The Labute approximate surface area is 195 Å². The van der Waals surface area contributed by atoms with Crippen LogP contribution in [0.25, 0.3) is 22.3 Å². The molecule has 33 heavy (non-hydrogen) atoms. The van der Waals surface area contributed by atoms with E-state index in [1.54, 1.807) is 0 Å². The Morgan fingerprint density at radius 2 is 0.879 bits per heavy atom. The fourth-order valence-corrected chi connectivity index (χ4v) is 4.56. The van der Waals surface area contributed by atoms with E-state index in [0.29, 0.717) is 5.75 Å². The monoisotopic (exact) mass is 426 g/mol. The fraction of sp³-hybridized carbons (Fsp3) is 0.0625. The first-order valence-corrected chi connectivity index (χ1v) is 11.4. The quantitative estimate of drug-likeness (QED) is 0.292. The molecule has 0 aromatic heterocycles. The van der Waals surface area contributed by atoms with Crippen LogP contribution >= 0.6 is 0 Å². The highest BCUT2D eigenvalue weighted by Crippen LogP contribution is 2.44. The van der Waals surface area contributed by atoms with Gasteiger partial charge in [-0.05, 0) is 57.9 Å². The zero-order valence-corrected chi connectivity index (χ0v) is 18.5. The first-order chi connectivity index (χ1) is 16.3. The van der Waals surface area contributed by atoms with Crippen molar-refractivity contribution in [3.05, 3.63) is 150 Å². The van der Waals surface area contributed by atoms with Gasteiger partial charge in [0.15, 0.2) is 0 Å². The standard InChI is InChI=1S/C32H26O/c33-30-23-28(21-24-13-5-1-6-14-24)29(22-25-15-7-2-8-16-25)31(26-17-9-3-10-18-26)32(30)27-19-11-4-12-20-27/h1-20,23,33H,21-22H2. The molecule has 5 aromatic carbocycles. The molecule has 5 rings (SSSR count). The molecule has 0 spiro atoms. The van der Waals surface area contributed by atoms with Crippen molar-refractivity contribution in [2.75, 3.05) is 0 Å². The first-order valence-electron chi connectivity index (χ1n) is 11.4. The largest absolute Gasteiger partial charge is 0.507 e. The number of phenols is 1. The van der Waals surface area contributed by atoms with E-state index in [1.807, 2.05) is 36.4 Å². The lowest BCUT2D eigenvalue weighted by atomic mass is 9.83. The maximum Gasteiger partial charge on any atom is 0.124 e. The molecule has 0 atom stereocenters. The third-order valence-corrected chi connectivity index (χ3v) is 6.09. The van der Waals surface area contributed by atoms with Gasteiger partial charge in [0.2, 0.25) is 0 Å². The second-order valence-corrected chi connectivity index (χ2v) is 8.34. The van der Waals surface area contributed by atoms with Crippen molar-refractivity contribution in [3.63, 3.8) is 0 Å². The fourth-order valence-electron chi connectivity index (χ4n) is 4.56. The lowest BCUT2D eigenvalue weighted by Crippen LogP contribution is -2.03. The third-order valence-electron chi connectivity index (χ3n) is 6.09. The average molecular weight is 427 g/mol. The van der Waals surface area contributed by atoms with E-state index in [9.17, 15) is 5.11 Å². The molecule has 1 nitrogen and oxygen atoms in total. The van der Waals surface area contributed by atoms with Crippen LogP contribution in [0.2, 0.25) is 0 Å². The molecule has 5 aromatic rings. The molecule has 0 aliphatic heterocycles. The molecule has 0 bridgehead atoms. The van der Waals surface area contributed by atoms with Crippen LogP contribution in [-0.4, -0.2) is 5.11 Å². The molecule has 1 heteroatoms. The van der Waals surface area contributed by atoms with Crippen LogP contribution in [0.15, 0.2) is 127 Å². The Kier molecular flexibility index (Phi) is 6.04. The zero-order chi connectivity index (χ0) is 22.5. The molecule has 0 saturated carbocycles. The minimum absolute atomic E-state index is 0.322. The Morgan fingerprint density at radius 3 is 1.39 bits per heavy atom. The van der Waals surface area contributed by atoms with Gasteiger partial charge in [-0.25, -0.2) is 0 Å². The highest BCUT2D eigenvalue weighted by molar-refractivity contribution is 5.90. The minimum atomic E-state index is 0.322. The summed E-state index contributed by atoms with van der Waals surface area (Å²) in [6.45, 7) is 0. The van der Waals surface area contributed by atoms with Gasteiger partial charge >= 0.3 is 0 Å². The van der Waals surface area contributed by atoms with Gasteiger partial charge < -0.3 is 5.11 Å². The van der Waals surface area contributed by atoms with Crippen LogP contribution in [0.3, 0.4) is 0 Å². The van der Waals surface area contributed by atoms with Crippen molar-refractivity contribution in [2.45, 2.75) is 12.8 Å². The zero-order valence-electron chi connectivity index (χ0n) is 18.5. The van der Waals surface area contributed by atoms with Crippen molar-refractivity contribution in [1.29, 1.82) is 0 Å². The van der Waals surface area contributed by atoms with E-state index in [4.69, 9.17) is 0 Å². The van der Waals surface area contributed by atoms with E-state index in [0.717, 1.165) is 40.7 Å². The Hall–Kier alpha value is -4.10. The molecule has 0 aliphatic rings. The number of rotatable bonds is 6. The summed E-state index contributed by atoms with van der Waals surface area (Å²) in [4.78, 5) is 0. The molecule has 0 unspecified atom stereocenters. The molecule has 0 heterocycles. The summed E-state index contributed by atoms with van der Waals surface area (Å²) in [7, 11) is 0. The van der Waals surface area contributed by atoms with Crippen LogP contribution < -0.4 is 0 Å². The maximum absolute atomic E-state index is 11.4. The summed E-state index contributed by atoms with van der Waals surface area (Å²) in [5.41, 5.74) is 9.04.